The third kappa shape index (κ3) is 4.67. The van der Waals surface area contributed by atoms with E-state index >= 15 is 0 Å². The maximum Gasteiger partial charge on any atom is 0.247 e. The first-order valence-electron chi connectivity index (χ1n) is 14.7. The van der Waals surface area contributed by atoms with Crippen LogP contribution in [0.2, 0.25) is 0 Å². The molecule has 2 aromatic carbocycles. The Kier molecular flexibility index (Phi) is 6.56. The lowest BCUT2D eigenvalue weighted by Crippen LogP contribution is -2.58. The van der Waals surface area contributed by atoms with Crippen molar-refractivity contribution in [2.24, 2.45) is 5.92 Å². The second-order valence-electron chi connectivity index (χ2n) is 11.8. The van der Waals surface area contributed by atoms with Gasteiger partial charge in [0.1, 0.15) is 5.75 Å². The molecule has 3 aliphatic carbocycles. The first-order chi connectivity index (χ1) is 20.9. The predicted molar refractivity (Wildman–Crippen MR) is 168 cm³/mol. The van der Waals surface area contributed by atoms with Crippen molar-refractivity contribution < 1.29 is 14.3 Å². The van der Waals surface area contributed by atoms with Crippen molar-refractivity contribution >= 4 is 45.7 Å². The van der Waals surface area contributed by atoms with Crippen molar-refractivity contribution in [2.75, 3.05) is 48.8 Å². The number of piperazine rings is 1. The Morgan fingerprint density at radius 1 is 1.07 bits per heavy atom. The highest BCUT2D eigenvalue weighted by Crippen LogP contribution is 2.63. The molecule has 0 radical (unpaired) electrons. The van der Waals surface area contributed by atoms with E-state index in [2.05, 4.69) is 62.1 Å². The molecule has 4 fully saturated rings. The maximum absolute atomic E-state index is 12.4. The number of ether oxygens (including phenoxy) is 1. The van der Waals surface area contributed by atoms with Gasteiger partial charge in [-0.1, -0.05) is 24.8 Å². The topological polar surface area (TPSA) is 105 Å². The molecule has 220 valence electrons. The Morgan fingerprint density at radius 2 is 1.84 bits per heavy atom. The lowest BCUT2D eigenvalue weighted by Gasteiger charge is -2.62. The number of carbonyl (C=O) groups excluding carboxylic acids is 2. The van der Waals surface area contributed by atoms with E-state index in [0.29, 0.717) is 49.3 Å². The number of aromatic nitrogens is 3. The van der Waals surface area contributed by atoms with Crippen molar-refractivity contribution in [3.05, 3.63) is 67.5 Å². The Labute approximate surface area is 250 Å². The molecular weight excluding hydrogens is 542 g/mol. The molecule has 43 heavy (non-hydrogen) atoms. The van der Waals surface area contributed by atoms with Crippen molar-refractivity contribution in [1.29, 1.82) is 0 Å². The van der Waals surface area contributed by atoms with Crippen LogP contribution in [0.15, 0.2) is 67.5 Å². The number of hydrogen-bond donors (Lipinski definition) is 2. The first kappa shape index (κ1) is 27.0. The third-order valence-electron chi connectivity index (χ3n) is 9.23. The summed E-state index contributed by atoms with van der Waals surface area (Å²) < 4.78 is 8.26. The molecule has 2 N–H and O–H groups in total. The third-order valence-corrected chi connectivity index (χ3v) is 9.23. The summed E-state index contributed by atoms with van der Waals surface area (Å²) in [5.41, 5.74) is 5.43. The van der Waals surface area contributed by atoms with Gasteiger partial charge in [0.2, 0.25) is 17.8 Å². The molecule has 0 atom stereocenters. The molecule has 0 unspecified atom stereocenters. The van der Waals surface area contributed by atoms with Crippen LogP contribution < -0.4 is 20.3 Å². The van der Waals surface area contributed by atoms with Crippen LogP contribution in [-0.4, -0.2) is 64.5 Å². The van der Waals surface area contributed by atoms with Gasteiger partial charge in [0.05, 0.1) is 29.9 Å². The molecule has 0 spiro atoms. The first-order valence-corrected chi connectivity index (χ1v) is 14.7. The summed E-state index contributed by atoms with van der Waals surface area (Å²) >= 11 is 0. The molecule has 2 aromatic heterocycles. The number of rotatable bonds is 8. The minimum Gasteiger partial charge on any atom is -0.494 e. The second-order valence-corrected chi connectivity index (χ2v) is 11.8. The standard InChI is InChI=1S/C33H35N7O3/c1-4-31(42)35-26-15-27(30(43-3)16-29(26)39-13-11-38(12-14-39)21(2)41)37-32-34-10-9-25(36-32)24-20-40(33-17-22(18-33)19-33)28-8-6-5-7-23(24)28/h4-10,15-16,20,22H,1,11-14,17-19H2,2-3H3,(H,35,42)(H,34,36,37). The zero-order chi connectivity index (χ0) is 29.7. The number of fused-ring (bicyclic) bond motifs is 1. The lowest BCUT2D eigenvalue weighted by molar-refractivity contribution is -0.129. The highest BCUT2D eigenvalue weighted by Gasteiger charge is 2.58. The van der Waals surface area contributed by atoms with Gasteiger partial charge in [-0.25, -0.2) is 9.97 Å². The van der Waals surface area contributed by atoms with Gasteiger partial charge in [0, 0.05) is 73.6 Å². The summed E-state index contributed by atoms with van der Waals surface area (Å²) in [6.45, 7) is 7.66. The molecular formula is C33H35N7O3. The van der Waals surface area contributed by atoms with E-state index in [1.165, 1.54) is 36.2 Å². The molecule has 3 saturated carbocycles. The monoisotopic (exact) mass is 577 g/mol. The number of methoxy groups -OCH3 is 1. The van der Waals surface area contributed by atoms with Gasteiger partial charge in [-0.15, -0.1) is 0 Å². The highest BCUT2D eigenvalue weighted by molar-refractivity contribution is 6.02. The van der Waals surface area contributed by atoms with Crippen LogP contribution in [0, 0.1) is 5.92 Å². The van der Waals surface area contributed by atoms with Crippen LogP contribution >= 0.6 is 0 Å². The summed E-state index contributed by atoms with van der Waals surface area (Å²) in [6, 6.07) is 14.2. The maximum atomic E-state index is 12.4. The average Bonchev–Trinajstić information content (AvgIpc) is 3.35. The van der Waals surface area contributed by atoms with Crippen molar-refractivity contribution in [1.82, 2.24) is 19.4 Å². The number of hydrogen-bond acceptors (Lipinski definition) is 7. The Morgan fingerprint density at radius 3 is 2.51 bits per heavy atom. The van der Waals surface area contributed by atoms with Gasteiger partial charge in [-0.2, -0.15) is 0 Å². The highest BCUT2D eigenvalue weighted by atomic mass is 16.5. The van der Waals surface area contributed by atoms with Crippen LogP contribution in [0.4, 0.5) is 23.0 Å². The van der Waals surface area contributed by atoms with E-state index in [4.69, 9.17) is 9.72 Å². The number of nitrogens with zero attached hydrogens (tertiary/aromatic N) is 5. The van der Waals surface area contributed by atoms with Gasteiger partial charge in [-0.05, 0) is 49.5 Å². The molecule has 8 rings (SSSR count). The van der Waals surface area contributed by atoms with E-state index in [9.17, 15) is 9.59 Å². The number of benzene rings is 2. The van der Waals surface area contributed by atoms with Gasteiger partial charge >= 0.3 is 0 Å². The molecule has 4 aromatic rings. The molecule has 4 aliphatic rings. The number of nitrogens with one attached hydrogen (secondary N) is 2. The van der Waals surface area contributed by atoms with E-state index in [1.54, 1.807) is 20.2 Å². The van der Waals surface area contributed by atoms with Crippen molar-refractivity contribution in [2.45, 2.75) is 31.7 Å². The largest absolute Gasteiger partial charge is 0.494 e. The van der Waals surface area contributed by atoms with Crippen LogP contribution in [0.25, 0.3) is 22.2 Å². The normalized spacial score (nSPS) is 20.7. The van der Waals surface area contributed by atoms with Gasteiger partial charge < -0.3 is 29.7 Å². The number of carbonyl (C=O) groups is 2. The molecule has 3 heterocycles. The fourth-order valence-electron chi connectivity index (χ4n) is 6.84. The van der Waals surface area contributed by atoms with Gasteiger partial charge in [0.25, 0.3) is 0 Å². The minimum absolute atomic E-state index is 0.0585. The summed E-state index contributed by atoms with van der Waals surface area (Å²) in [4.78, 5) is 37.7. The minimum atomic E-state index is -0.321. The van der Waals surface area contributed by atoms with Crippen LogP contribution in [0.1, 0.15) is 26.2 Å². The average molecular weight is 578 g/mol. The molecule has 1 aliphatic heterocycles. The SMILES string of the molecule is C=CC(=O)Nc1cc(Nc2nccc(-c3cn(C45CC(C4)C5)c4ccccc34)n2)c(OC)cc1N1CCN(C(C)=O)CC1. The summed E-state index contributed by atoms with van der Waals surface area (Å²) in [6.07, 6.45) is 9.03. The van der Waals surface area contributed by atoms with Gasteiger partial charge in [0.15, 0.2) is 0 Å². The van der Waals surface area contributed by atoms with Crippen LogP contribution in [-0.2, 0) is 15.1 Å². The second kappa shape index (κ2) is 10.4. The fourth-order valence-corrected chi connectivity index (χ4v) is 6.84. The van der Waals surface area contributed by atoms with E-state index in [0.717, 1.165) is 22.9 Å². The molecule has 1 saturated heterocycles. The zero-order valence-corrected chi connectivity index (χ0v) is 24.5. The molecule has 2 bridgehead atoms. The Bertz CT molecular complexity index is 1740. The fraction of sp³-hybridized carbons (Fsp3) is 0.333. The molecule has 10 nitrogen and oxygen atoms in total. The van der Waals surface area contributed by atoms with E-state index in [-0.39, 0.29) is 17.4 Å². The Hall–Kier alpha value is -4.86. The number of para-hydroxylation sites is 1. The summed E-state index contributed by atoms with van der Waals surface area (Å²) in [7, 11) is 1.61. The summed E-state index contributed by atoms with van der Waals surface area (Å²) in [5, 5.41) is 7.45. The Balaban J connectivity index is 1.22. The number of anilines is 4. The molecule has 2 amide bonds. The van der Waals surface area contributed by atoms with E-state index < -0.39 is 0 Å². The van der Waals surface area contributed by atoms with Crippen molar-refractivity contribution in [3.8, 4) is 17.0 Å². The smallest absolute Gasteiger partial charge is 0.247 e. The quantitative estimate of drug-likeness (QED) is 0.279. The predicted octanol–water partition coefficient (Wildman–Crippen LogP) is 5.15. The zero-order valence-electron chi connectivity index (χ0n) is 24.5. The van der Waals surface area contributed by atoms with Crippen LogP contribution in [0.5, 0.6) is 5.75 Å². The van der Waals surface area contributed by atoms with E-state index in [1.807, 2.05) is 23.1 Å². The summed E-state index contributed by atoms with van der Waals surface area (Å²) in [5.74, 6) is 1.62. The molecule has 10 heteroatoms. The lowest BCUT2D eigenvalue weighted by atomic mass is 9.49. The number of amides is 2. The van der Waals surface area contributed by atoms with Crippen LogP contribution in [0.3, 0.4) is 0 Å². The van der Waals surface area contributed by atoms with Gasteiger partial charge in [-0.3, -0.25) is 9.59 Å². The van der Waals surface area contributed by atoms with Crippen molar-refractivity contribution in [3.63, 3.8) is 0 Å².